The van der Waals surface area contributed by atoms with Crippen molar-refractivity contribution in [1.82, 2.24) is 9.97 Å². The molecule has 0 amide bonds. The molecule has 7 heteroatoms. The lowest BCUT2D eigenvalue weighted by atomic mass is 10.1. The molecule has 0 spiro atoms. The summed E-state index contributed by atoms with van der Waals surface area (Å²) in [6, 6.07) is 15.3. The predicted molar refractivity (Wildman–Crippen MR) is 102 cm³/mol. The van der Waals surface area contributed by atoms with Crippen LogP contribution >= 0.6 is 11.6 Å². The first-order chi connectivity index (χ1) is 12.5. The van der Waals surface area contributed by atoms with Crippen molar-refractivity contribution in [2.45, 2.75) is 13.0 Å². The Hall–Kier alpha value is -2.70. The lowest BCUT2D eigenvalue weighted by Crippen LogP contribution is -2.21. The maximum Gasteiger partial charge on any atom is 0.225 e. The molecule has 134 valence electrons. The molecule has 3 aromatic rings. The minimum atomic E-state index is -0.410. The number of nitrogens with one attached hydrogen (secondary N) is 2. The Morgan fingerprint density at radius 3 is 2.58 bits per heavy atom. The van der Waals surface area contributed by atoms with Crippen LogP contribution < -0.4 is 10.6 Å². The molecule has 0 aliphatic carbocycles. The maximum atomic E-state index is 13.2. The summed E-state index contributed by atoms with van der Waals surface area (Å²) in [4.78, 5) is 8.91. The van der Waals surface area contributed by atoms with Gasteiger partial charge in [0.2, 0.25) is 5.95 Å². The van der Waals surface area contributed by atoms with Crippen LogP contribution in [0.2, 0.25) is 5.02 Å². The largest absolute Gasteiger partial charge is 0.394 e. The molecule has 0 aliphatic heterocycles. The molecule has 0 bridgehead atoms. The van der Waals surface area contributed by atoms with Gasteiger partial charge in [-0.1, -0.05) is 41.9 Å². The van der Waals surface area contributed by atoms with Gasteiger partial charge in [-0.3, -0.25) is 0 Å². The zero-order valence-electron chi connectivity index (χ0n) is 14.1. The number of halogens is 2. The topological polar surface area (TPSA) is 70.1 Å². The van der Waals surface area contributed by atoms with Crippen LogP contribution in [0.4, 0.5) is 21.8 Å². The molecule has 0 aliphatic rings. The fourth-order valence-electron chi connectivity index (χ4n) is 2.33. The molecular weight excluding hydrogens is 355 g/mol. The molecule has 26 heavy (non-hydrogen) atoms. The number of hydrogen-bond acceptors (Lipinski definition) is 5. The summed E-state index contributed by atoms with van der Waals surface area (Å²) in [6.45, 7) is 1.77. The van der Waals surface area contributed by atoms with Crippen molar-refractivity contribution < 1.29 is 9.50 Å². The summed E-state index contributed by atoms with van der Waals surface area (Å²) in [6.07, 6.45) is 0. The predicted octanol–water partition coefficient (Wildman–Crippen LogP) is 4.47. The number of anilines is 3. The second-order valence-electron chi connectivity index (χ2n) is 5.81. The van der Waals surface area contributed by atoms with Gasteiger partial charge in [0.15, 0.2) is 0 Å². The molecule has 1 atom stereocenters. The minimum Gasteiger partial charge on any atom is -0.394 e. The van der Waals surface area contributed by atoms with E-state index in [9.17, 15) is 9.50 Å². The summed E-state index contributed by atoms with van der Waals surface area (Å²) in [5.41, 5.74) is 2.16. The van der Waals surface area contributed by atoms with E-state index in [1.165, 1.54) is 12.1 Å². The molecule has 1 heterocycles. The van der Waals surface area contributed by atoms with Crippen LogP contribution in [-0.4, -0.2) is 27.7 Å². The van der Waals surface area contributed by atoms with E-state index >= 15 is 0 Å². The highest BCUT2D eigenvalue weighted by Gasteiger charge is 2.10. The average Bonchev–Trinajstić information content (AvgIpc) is 2.64. The Morgan fingerprint density at radius 1 is 1.12 bits per heavy atom. The van der Waals surface area contributed by atoms with Crippen LogP contribution in [0.25, 0.3) is 11.3 Å². The molecule has 5 nitrogen and oxygen atoms in total. The van der Waals surface area contributed by atoms with Crippen molar-refractivity contribution in [3.8, 4) is 11.3 Å². The molecule has 3 N–H and O–H groups in total. The van der Waals surface area contributed by atoms with E-state index in [-0.39, 0.29) is 17.7 Å². The van der Waals surface area contributed by atoms with Crippen molar-refractivity contribution in [2.24, 2.45) is 0 Å². The van der Waals surface area contributed by atoms with Gasteiger partial charge < -0.3 is 15.7 Å². The quantitative estimate of drug-likeness (QED) is 0.595. The Labute approximate surface area is 155 Å². The van der Waals surface area contributed by atoms with Gasteiger partial charge in [-0.25, -0.2) is 9.37 Å². The van der Waals surface area contributed by atoms with Gasteiger partial charge in [0.25, 0.3) is 0 Å². The average molecular weight is 373 g/mol. The Balaban J connectivity index is 1.98. The van der Waals surface area contributed by atoms with Gasteiger partial charge in [0.1, 0.15) is 11.6 Å². The van der Waals surface area contributed by atoms with E-state index in [0.29, 0.717) is 23.1 Å². The van der Waals surface area contributed by atoms with Crippen molar-refractivity contribution in [2.75, 3.05) is 17.2 Å². The molecule has 0 fully saturated rings. The van der Waals surface area contributed by atoms with Gasteiger partial charge in [-0.2, -0.15) is 4.98 Å². The molecular formula is C19H18ClFN4O. The SMILES string of the molecule is C[C@@H](CO)Nc1nc(Nc2ccc(F)cc2Cl)cc(-c2ccccc2)n1. The summed E-state index contributed by atoms with van der Waals surface area (Å²) >= 11 is 6.09. The van der Waals surface area contributed by atoms with Gasteiger partial charge in [-0.15, -0.1) is 0 Å². The van der Waals surface area contributed by atoms with E-state index in [0.717, 1.165) is 5.56 Å². The molecule has 0 unspecified atom stereocenters. The number of aliphatic hydroxyl groups is 1. The van der Waals surface area contributed by atoms with E-state index in [1.54, 1.807) is 12.1 Å². The number of hydrogen-bond donors (Lipinski definition) is 3. The minimum absolute atomic E-state index is 0.0501. The Morgan fingerprint density at radius 2 is 1.88 bits per heavy atom. The van der Waals surface area contributed by atoms with Crippen LogP contribution in [0.5, 0.6) is 0 Å². The third-order valence-corrected chi connectivity index (χ3v) is 3.95. The van der Waals surface area contributed by atoms with Crippen LogP contribution in [0.3, 0.4) is 0 Å². The van der Waals surface area contributed by atoms with Crippen molar-refractivity contribution in [1.29, 1.82) is 0 Å². The standard InChI is InChI=1S/C19H18ClFN4O/c1-12(11-26)22-19-24-17(13-5-3-2-4-6-13)10-18(25-19)23-16-8-7-14(21)9-15(16)20/h2-10,12,26H,11H2,1H3,(H2,22,23,24,25)/t12-/m0/s1. The van der Waals surface area contributed by atoms with Crippen LogP contribution in [0.1, 0.15) is 6.92 Å². The fourth-order valence-corrected chi connectivity index (χ4v) is 2.54. The van der Waals surface area contributed by atoms with Gasteiger partial charge in [0, 0.05) is 17.7 Å². The summed E-state index contributed by atoms with van der Waals surface area (Å²) in [7, 11) is 0. The number of benzene rings is 2. The highest BCUT2D eigenvalue weighted by atomic mass is 35.5. The van der Waals surface area contributed by atoms with E-state index in [1.807, 2.05) is 37.3 Å². The van der Waals surface area contributed by atoms with Crippen LogP contribution in [-0.2, 0) is 0 Å². The first kappa shape index (κ1) is 18.1. The van der Waals surface area contributed by atoms with E-state index in [2.05, 4.69) is 20.6 Å². The first-order valence-corrected chi connectivity index (χ1v) is 8.47. The molecule has 1 aromatic heterocycles. The van der Waals surface area contributed by atoms with Crippen molar-refractivity contribution in [3.05, 3.63) is 65.4 Å². The van der Waals surface area contributed by atoms with E-state index < -0.39 is 5.82 Å². The maximum absolute atomic E-state index is 13.2. The normalized spacial score (nSPS) is 11.8. The lowest BCUT2D eigenvalue weighted by Gasteiger charge is -2.14. The van der Waals surface area contributed by atoms with Crippen molar-refractivity contribution in [3.63, 3.8) is 0 Å². The number of aliphatic hydroxyl groups excluding tert-OH is 1. The van der Waals surface area contributed by atoms with Crippen LogP contribution in [0, 0.1) is 5.82 Å². The molecule has 0 saturated carbocycles. The molecule has 0 saturated heterocycles. The molecule has 3 rings (SSSR count). The summed E-state index contributed by atoms with van der Waals surface area (Å²) in [5, 5.41) is 15.7. The zero-order valence-corrected chi connectivity index (χ0v) is 14.8. The molecule has 0 radical (unpaired) electrons. The first-order valence-electron chi connectivity index (χ1n) is 8.09. The van der Waals surface area contributed by atoms with E-state index in [4.69, 9.17) is 11.6 Å². The number of nitrogens with zero attached hydrogens (tertiary/aromatic N) is 2. The van der Waals surface area contributed by atoms with Gasteiger partial charge in [0.05, 0.1) is 23.0 Å². The molecule has 2 aromatic carbocycles. The van der Waals surface area contributed by atoms with Crippen LogP contribution in [0.15, 0.2) is 54.6 Å². The summed E-state index contributed by atoms with van der Waals surface area (Å²) < 4.78 is 13.2. The summed E-state index contributed by atoms with van der Waals surface area (Å²) in [5.74, 6) is 0.459. The van der Waals surface area contributed by atoms with Gasteiger partial charge in [-0.05, 0) is 25.1 Å². The smallest absolute Gasteiger partial charge is 0.225 e. The lowest BCUT2D eigenvalue weighted by molar-refractivity contribution is 0.281. The number of rotatable bonds is 6. The second-order valence-corrected chi connectivity index (χ2v) is 6.21. The third kappa shape index (κ3) is 4.47. The fraction of sp³-hybridized carbons (Fsp3) is 0.158. The highest BCUT2D eigenvalue weighted by Crippen LogP contribution is 2.28. The second kappa shape index (κ2) is 8.12. The monoisotopic (exact) mass is 372 g/mol. The zero-order chi connectivity index (χ0) is 18.5. The van der Waals surface area contributed by atoms with Gasteiger partial charge >= 0.3 is 0 Å². The number of aromatic nitrogens is 2. The highest BCUT2D eigenvalue weighted by molar-refractivity contribution is 6.33. The van der Waals surface area contributed by atoms with Crippen molar-refractivity contribution >= 4 is 29.1 Å². The Bertz CT molecular complexity index is 892. The Kier molecular flexibility index (Phi) is 5.65. The third-order valence-electron chi connectivity index (χ3n) is 3.64.